The Morgan fingerprint density at radius 2 is 2.15 bits per heavy atom. The molecule has 1 aromatic carbocycles. The van der Waals surface area contributed by atoms with Crippen molar-refractivity contribution in [3.8, 4) is 0 Å². The minimum absolute atomic E-state index is 0.415. The maximum absolute atomic E-state index is 11.0. The highest BCUT2D eigenvalue weighted by Gasteiger charge is 2.23. The van der Waals surface area contributed by atoms with Crippen molar-refractivity contribution in [3.05, 3.63) is 51.7 Å². The van der Waals surface area contributed by atoms with E-state index in [1.54, 1.807) is 6.07 Å². The van der Waals surface area contributed by atoms with Crippen LogP contribution in [0.4, 0.5) is 5.69 Å². The molecule has 3 rings (SSSR count). The van der Waals surface area contributed by atoms with Gasteiger partial charge in [0, 0.05) is 16.6 Å². The monoisotopic (exact) mass is 287 g/mol. The third-order valence-electron chi connectivity index (χ3n) is 3.86. The van der Waals surface area contributed by atoms with Gasteiger partial charge in [-0.25, -0.2) is 4.79 Å². The van der Waals surface area contributed by atoms with E-state index in [4.69, 9.17) is 5.11 Å². The molecule has 0 saturated heterocycles. The van der Waals surface area contributed by atoms with E-state index in [1.807, 2.05) is 6.07 Å². The van der Waals surface area contributed by atoms with Crippen molar-refractivity contribution in [3.63, 3.8) is 0 Å². The van der Waals surface area contributed by atoms with Crippen LogP contribution in [-0.4, -0.2) is 17.1 Å². The molecule has 3 nitrogen and oxygen atoms in total. The van der Waals surface area contributed by atoms with Crippen molar-refractivity contribution in [2.24, 2.45) is 0 Å². The maximum Gasteiger partial charge on any atom is 0.345 e. The third kappa shape index (κ3) is 2.43. The Hall–Kier alpha value is -1.81. The summed E-state index contributed by atoms with van der Waals surface area (Å²) in [7, 11) is 0. The SMILES string of the molecule is CC1CCc2ccccc2N1Cc1ccc(C(=O)O)s1. The minimum Gasteiger partial charge on any atom is -0.477 e. The van der Waals surface area contributed by atoms with E-state index in [0.29, 0.717) is 10.9 Å². The second-order valence-corrected chi connectivity index (χ2v) is 6.38. The number of benzene rings is 1. The lowest BCUT2D eigenvalue weighted by atomic mass is 9.96. The molecule has 1 unspecified atom stereocenters. The average molecular weight is 287 g/mol. The summed E-state index contributed by atoms with van der Waals surface area (Å²) in [5.74, 6) is -0.839. The van der Waals surface area contributed by atoms with Gasteiger partial charge in [0.1, 0.15) is 4.88 Å². The van der Waals surface area contributed by atoms with Crippen LogP contribution in [0.15, 0.2) is 36.4 Å². The molecule has 1 atom stereocenters. The van der Waals surface area contributed by atoms with Crippen LogP contribution in [0, 0.1) is 0 Å². The van der Waals surface area contributed by atoms with Gasteiger partial charge in [0.15, 0.2) is 0 Å². The summed E-state index contributed by atoms with van der Waals surface area (Å²) < 4.78 is 0. The van der Waals surface area contributed by atoms with E-state index in [9.17, 15) is 4.79 Å². The largest absolute Gasteiger partial charge is 0.477 e. The molecule has 104 valence electrons. The zero-order valence-corrected chi connectivity index (χ0v) is 12.2. The van der Waals surface area contributed by atoms with Crippen molar-refractivity contribution in [1.82, 2.24) is 0 Å². The molecule has 0 fully saturated rings. The predicted octanol–water partition coefficient (Wildman–Crippen LogP) is 3.79. The fourth-order valence-corrected chi connectivity index (χ4v) is 3.59. The van der Waals surface area contributed by atoms with Crippen molar-refractivity contribution in [2.45, 2.75) is 32.4 Å². The van der Waals surface area contributed by atoms with Crippen LogP contribution >= 0.6 is 11.3 Å². The summed E-state index contributed by atoms with van der Waals surface area (Å²) in [6, 6.07) is 12.6. The lowest BCUT2D eigenvalue weighted by Crippen LogP contribution is -2.36. The number of fused-ring (bicyclic) bond motifs is 1. The van der Waals surface area contributed by atoms with E-state index in [2.05, 4.69) is 36.1 Å². The van der Waals surface area contributed by atoms with Crippen LogP contribution in [0.3, 0.4) is 0 Å². The van der Waals surface area contributed by atoms with E-state index < -0.39 is 5.97 Å². The quantitative estimate of drug-likeness (QED) is 0.933. The summed E-state index contributed by atoms with van der Waals surface area (Å²) in [5, 5.41) is 9.01. The molecule has 1 aliphatic rings. The van der Waals surface area contributed by atoms with Gasteiger partial charge in [0.2, 0.25) is 0 Å². The number of aryl methyl sites for hydroxylation is 1. The maximum atomic E-state index is 11.0. The molecule has 1 aromatic heterocycles. The molecule has 0 aliphatic carbocycles. The van der Waals surface area contributed by atoms with Crippen LogP contribution in [0.25, 0.3) is 0 Å². The molecule has 2 aromatic rings. The first-order chi connectivity index (χ1) is 9.65. The lowest BCUT2D eigenvalue weighted by molar-refractivity contribution is 0.0702. The van der Waals surface area contributed by atoms with Gasteiger partial charge in [-0.15, -0.1) is 11.3 Å². The van der Waals surface area contributed by atoms with Crippen molar-refractivity contribution in [1.29, 1.82) is 0 Å². The second kappa shape index (κ2) is 5.29. The zero-order valence-electron chi connectivity index (χ0n) is 11.4. The fourth-order valence-electron chi connectivity index (χ4n) is 2.75. The molecule has 20 heavy (non-hydrogen) atoms. The van der Waals surface area contributed by atoms with Gasteiger partial charge in [-0.3, -0.25) is 0 Å². The fraction of sp³-hybridized carbons (Fsp3) is 0.312. The van der Waals surface area contributed by atoms with Crippen molar-refractivity contribution >= 4 is 23.0 Å². The first-order valence-corrected chi connectivity index (χ1v) is 7.63. The van der Waals surface area contributed by atoms with Crippen LogP contribution in [0.2, 0.25) is 0 Å². The molecule has 1 N–H and O–H groups in total. The summed E-state index contributed by atoms with van der Waals surface area (Å²) >= 11 is 1.37. The summed E-state index contributed by atoms with van der Waals surface area (Å²) in [4.78, 5) is 14.9. The normalized spacial score (nSPS) is 17.9. The highest BCUT2D eigenvalue weighted by atomic mass is 32.1. The zero-order chi connectivity index (χ0) is 14.1. The predicted molar refractivity (Wildman–Crippen MR) is 81.7 cm³/mol. The van der Waals surface area contributed by atoms with Crippen LogP contribution in [0.1, 0.15) is 33.5 Å². The number of hydrogen-bond acceptors (Lipinski definition) is 3. The summed E-state index contributed by atoms with van der Waals surface area (Å²) in [6.07, 6.45) is 2.27. The van der Waals surface area contributed by atoms with Gasteiger partial charge in [-0.2, -0.15) is 0 Å². The Morgan fingerprint density at radius 1 is 1.35 bits per heavy atom. The summed E-state index contributed by atoms with van der Waals surface area (Å²) in [5.41, 5.74) is 2.68. The van der Waals surface area contributed by atoms with Gasteiger partial charge in [0.05, 0.1) is 6.54 Å². The van der Waals surface area contributed by atoms with Gasteiger partial charge in [-0.05, 0) is 43.5 Å². The van der Waals surface area contributed by atoms with Gasteiger partial charge in [0.25, 0.3) is 0 Å². The molecule has 0 bridgehead atoms. The molecule has 2 heterocycles. The molecule has 4 heteroatoms. The number of hydrogen-bond donors (Lipinski definition) is 1. The number of thiophene rings is 1. The van der Waals surface area contributed by atoms with Crippen LogP contribution < -0.4 is 4.90 Å². The van der Waals surface area contributed by atoms with E-state index in [-0.39, 0.29) is 0 Å². The Kier molecular flexibility index (Phi) is 3.49. The Bertz CT molecular complexity index is 635. The Labute approximate surface area is 122 Å². The topological polar surface area (TPSA) is 40.5 Å². The molecular formula is C16H17NO2S. The molecule has 0 amide bonds. The number of rotatable bonds is 3. The number of nitrogens with zero attached hydrogens (tertiary/aromatic N) is 1. The highest BCUT2D eigenvalue weighted by Crippen LogP contribution is 2.32. The molecule has 1 aliphatic heterocycles. The second-order valence-electron chi connectivity index (χ2n) is 5.22. The molecule has 0 radical (unpaired) electrons. The average Bonchev–Trinajstić information content (AvgIpc) is 2.91. The smallest absolute Gasteiger partial charge is 0.345 e. The number of carboxylic acid groups (broad SMARTS) is 1. The number of carboxylic acids is 1. The van der Waals surface area contributed by atoms with Crippen LogP contribution in [0.5, 0.6) is 0 Å². The first kappa shape index (κ1) is 13.2. The van der Waals surface area contributed by atoms with Crippen LogP contribution in [-0.2, 0) is 13.0 Å². The van der Waals surface area contributed by atoms with Gasteiger partial charge >= 0.3 is 5.97 Å². The lowest BCUT2D eigenvalue weighted by Gasteiger charge is -2.36. The van der Waals surface area contributed by atoms with Crippen molar-refractivity contribution < 1.29 is 9.90 Å². The Balaban J connectivity index is 1.87. The summed E-state index contributed by atoms with van der Waals surface area (Å²) in [6.45, 7) is 3.03. The van der Waals surface area contributed by atoms with Gasteiger partial charge < -0.3 is 10.0 Å². The number of para-hydroxylation sites is 1. The first-order valence-electron chi connectivity index (χ1n) is 6.81. The molecule has 0 spiro atoms. The number of aromatic carboxylic acids is 1. The van der Waals surface area contributed by atoms with E-state index >= 15 is 0 Å². The third-order valence-corrected chi connectivity index (χ3v) is 4.92. The highest BCUT2D eigenvalue weighted by molar-refractivity contribution is 7.13. The standard InChI is InChI=1S/C16H17NO2S/c1-11-6-7-12-4-2-3-5-14(12)17(11)10-13-8-9-15(20-13)16(18)19/h2-5,8-9,11H,6-7,10H2,1H3,(H,18,19). The number of anilines is 1. The van der Waals surface area contributed by atoms with Crippen molar-refractivity contribution in [2.75, 3.05) is 4.90 Å². The minimum atomic E-state index is -0.839. The van der Waals surface area contributed by atoms with E-state index in [1.165, 1.54) is 22.6 Å². The number of carbonyl (C=O) groups is 1. The van der Waals surface area contributed by atoms with E-state index in [0.717, 1.165) is 24.3 Å². The Morgan fingerprint density at radius 3 is 2.90 bits per heavy atom. The van der Waals surface area contributed by atoms with Gasteiger partial charge in [-0.1, -0.05) is 18.2 Å². The molecule has 0 saturated carbocycles. The molecular weight excluding hydrogens is 270 g/mol.